The molecule has 1 rings (SSSR count). The van der Waals surface area contributed by atoms with E-state index >= 15 is 0 Å². The van der Waals surface area contributed by atoms with E-state index in [-0.39, 0.29) is 18.6 Å². The molecule has 1 aliphatic rings. The van der Waals surface area contributed by atoms with Crippen molar-refractivity contribution in [3.05, 3.63) is 0 Å². The molecule has 0 spiro atoms. The number of nitrogens with zero attached hydrogens (tertiary/aromatic N) is 1. The number of carbonyl (C=O) groups is 2. The van der Waals surface area contributed by atoms with Gasteiger partial charge in [-0.2, -0.15) is 0 Å². The van der Waals surface area contributed by atoms with Crippen molar-refractivity contribution in [2.24, 2.45) is 0 Å². The van der Waals surface area contributed by atoms with E-state index in [0.29, 0.717) is 6.54 Å². The van der Waals surface area contributed by atoms with Crippen LogP contribution in [0.3, 0.4) is 0 Å². The summed E-state index contributed by atoms with van der Waals surface area (Å²) >= 11 is 0. The standard InChI is InChI=1S/C8H14N2O4/c1-10-5(4-11)3-9-7(12)6(10)8(13)14-2/h5-6,11H,3-4H2,1-2H3,(H,9,12). The zero-order valence-corrected chi connectivity index (χ0v) is 8.19. The summed E-state index contributed by atoms with van der Waals surface area (Å²) in [5.74, 6) is -0.993. The van der Waals surface area contributed by atoms with Crippen molar-refractivity contribution in [3.8, 4) is 0 Å². The fourth-order valence-electron chi connectivity index (χ4n) is 1.43. The number of esters is 1. The minimum atomic E-state index is -0.953. The highest BCUT2D eigenvalue weighted by atomic mass is 16.5. The summed E-state index contributed by atoms with van der Waals surface area (Å²) in [7, 11) is 2.84. The van der Waals surface area contributed by atoms with Gasteiger partial charge in [-0.25, -0.2) is 4.79 Å². The molecule has 0 aromatic heterocycles. The molecule has 6 heteroatoms. The normalized spacial score (nSPS) is 28.4. The largest absolute Gasteiger partial charge is 0.467 e. The summed E-state index contributed by atoms with van der Waals surface area (Å²) in [6.07, 6.45) is 0. The Kier molecular flexibility index (Phi) is 3.43. The van der Waals surface area contributed by atoms with E-state index < -0.39 is 12.0 Å². The number of hydrogen-bond acceptors (Lipinski definition) is 5. The molecule has 1 heterocycles. The lowest BCUT2D eigenvalue weighted by molar-refractivity contribution is -0.154. The van der Waals surface area contributed by atoms with Crippen LogP contribution in [-0.2, 0) is 14.3 Å². The van der Waals surface area contributed by atoms with E-state index in [4.69, 9.17) is 5.11 Å². The average Bonchev–Trinajstić information content (AvgIpc) is 2.18. The van der Waals surface area contributed by atoms with E-state index in [1.54, 1.807) is 7.05 Å². The Morgan fingerprint density at radius 2 is 2.43 bits per heavy atom. The molecule has 2 N–H and O–H groups in total. The van der Waals surface area contributed by atoms with Gasteiger partial charge in [-0.05, 0) is 7.05 Å². The first-order valence-electron chi connectivity index (χ1n) is 4.30. The van der Waals surface area contributed by atoms with Crippen molar-refractivity contribution < 1.29 is 19.4 Å². The lowest BCUT2D eigenvalue weighted by Gasteiger charge is -2.36. The minimum absolute atomic E-state index is 0.107. The maximum Gasteiger partial charge on any atom is 0.332 e. The third kappa shape index (κ3) is 1.85. The minimum Gasteiger partial charge on any atom is -0.467 e. The van der Waals surface area contributed by atoms with Crippen LogP contribution in [0.15, 0.2) is 0 Å². The van der Waals surface area contributed by atoms with Gasteiger partial charge in [0.25, 0.3) is 0 Å². The number of carbonyl (C=O) groups excluding carboxylic acids is 2. The number of likely N-dealkylation sites (N-methyl/N-ethyl adjacent to an activating group) is 1. The van der Waals surface area contributed by atoms with Crippen molar-refractivity contribution in [3.63, 3.8) is 0 Å². The number of rotatable bonds is 2. The molecular formula is C8H14N2O4. The molecule has 1 amide bonds. The summed E-state index contributed by atoms with van der Waals surface area (Å²) < 4.78 is 4.50. The van der Waals surface area contributed by atoms with Crippen LogP contribution in [0.4, 0.5) is 0 Å². The Balaban J connectivity index is 2.78. The van der Waals surface area contributed by atoms with Crippen LogP contribution in [-0.4, -0.2) is 61.3 Å². The van der Waals surface area contributed by atoms with Crippen molar-refractivity contribution in [2.45, 2.75) is 12.1 Å². The number of nitrogens with one attached hydrogen (secondary N) is 1. The highest BCUT2D eigenvalue weighted by Gasteiger charge is 2.39. The smallest absolute Gasteiger partial charge is 0.332 e. The molecule has 0 radical (unpaired) electrons. The van der Waals surface area contributed by atoms with Gasteiger partial charge < -0.3 is 15.2 Å². The van der Waals surface area contributed by atoms with Gasteiger partial charge in [0.05, 0.1) is 19.8 Å². The van der Waals surface area contributed by atoms with E-state index in [2.05, 4.69) is 10.1 Å². The number of aliphatic hydroxyl groups excluding tert-OH is 1. The molecule has 2 unspecified atom stereocenters. The summed E-state index contributed by atoms with van der Waals surface area (Å²) in [5.41, 5.74) is 0. The summed E-state index contributed by atoms with van der Waals surface area (Å²) in [6, 6.07) is -1.19. The number of ether oxygens (including phenoxy) is 1. The number of aliphatic hydroxyl groups is 1. The number of methoxy groups -OCH3 is 1. The van der Waals surface area contributed by atoms with Gasteiger partial charge >= 0.3 is 5.97 Å². The molecule has 0 aromatic rings. The maximum atomic E-state index is 11.3. The Labute approximate surface area is 81.8 Å². The number of piperazine rings is 1. The van der Waals surface area contributed by atoms with Gasteiger partial charge in [0.2, 0.25) is 5.91 Å². The van der Waals surface area contributed by atoms with Gasteiger partial charge in [0, 0.05) is 6.54 Å². The first kappa shape index (κ1) is 10.9. The number of amides is 1. The van der Waals surface area contributed by atoms with Crippen LogP contribution in [0.2, 0.25) is 0 Å². The van der Waals surface area contributed by atoms with Gasteiger partial charge in [-0.3, -0.25) is 9.69 Å². The van der Waals surface area contributed by atoms with E-state index in [1.807, 2.05) is 0 Å². The van der Waals surface area contributed by atoms with E-state index in [9.17, 15) is 9.59 Å². The molecular weight excluding hydrogens is 188 g/mol. The predicted molar refractivity (Wildman–Crippen MR) is 47.5 cm³/mol. The highest BCUT2D eigenvalue weighted by Crippen LogP contribution is 2.09. The van der Waals surface area contributed by atoms with Gasteiger partial charge in [-0.15, -0.1) is 0 Å². The molecule has 1 aliphatic heterocycles. The Bertz CT molecular complexity index is 235. The average molecular weight is 202 g/mol. The Morgan fingerprint density at radius 1 is 1.79 bits per heavy atom. The van der Waals surface area contributed by atoms with Gasteiger partial charge in [0.1, 0.15) is 0 Å². The molecule has 6 nitrogen and oxygen atoms in total. The van der Waals surface area contributed by atoms with Crippen LogP contribution in [0.25, 0.3) is 0 Å². The quantitative estimate of drug-likeness (QED) is 0.398. The van der Waals surface area contributed by atoms with Crippen LogP contribution < -0.4 is 5.32 Å². The van der Waals surface area contributed by atoms with E-state index in [0.717, 1.165) is 0 Å². The zero-order valence-electron chi connectivity index (χ0n) is 8.19. The Hall–Kier alpha value is -1.14. The molecule has 1 fully saturated rings. The van der Waals surface area contributed by atoms with Crippen LogP contribution in [0.5, 0.6) is 0 Å². The molecule has 0 saturated carbocycles. The molecule has 0 bridgehead atoms. The first-order chi connectivity index (χ1) is 6.61. The molecule has 14 heavy (non-hydrogen) atoms. The van der Waals surface area contributed by atoms with Crippen molar-refractivity contribution >= 4 is 11.9 Å². The van der Waals surface area contributed by atoms with Crippen LogP contribution in [0, 0.1) is 0 Å². The van der Waals surface area contributed by atoms with Crippen molar-refractivity contribution in [2.75, 3.05) is 27.3 Å². The molecule has 1 saturated heterocycles. The van der Waals surface area contributed by atoms with Crippen LogP contribution >= 0.6 is 0 Å². The summed E-state index contributed by atoms with van der Waals surface area (Å²) in [4.78, 5) is 24.1. The maximum absolute atomic E-state index is 11.3. The van der Waals surface area contributed by atoms with Gasteiger partial charge in [-0.1, -0.05) is 0 Å². The van der Waals surface area contributed by atoms with Crippen molar-refractivity contribution in [1.29, 1.82) is 0 Å². The third-order valence-corrected chi connectivity index (χ3v) is 2.38. The SMILES string of the molecule is COC(=O)C1C(=O)NCC(CO)N1C. The number of hydrogen-bond donors (Lipinski definition) is 2. The molecule has 0 aliphatic carbocycles. The van der Waals surface area contributed by atoms with Crippen molar-refractivity contribution in [1.82, 2.24) is 10.2 Å². The van der Waals surface area contributed by atoms with Gasteiger partial charge in [0.15, 0.2) is 6.04 Å². The molecule has 2 atom stereocenters. The lowest BCUT2D eigenvalue weighted by atomic mass is 10.1. The second-order valence-corrected chi connectivity index (χ2v) is 3.17. The second-order valence-electron chi connectivity index (χ2n) is 3.17. The fourth-order valence-corrected chi connectivity index (χ4v) is 1.43. The predicted octanol–water partition coefficient (Wildman–Crippen LogP) is -2.05. The molecule has 80 valence electrons. The Morgan fingerprint density at radius 3 is 2.93 bits per heavy atom. The fraction of sp³-hybridized carbons (Fsp3) is 0.750. The van der Waals surface area contributed by atoms with E-state index in [1.165, 1.54) is 12.0 Å². The molecule has 0 aromatic carbocycles. The topological polar surface area (TPSA) is 78.9 Å². The zero-order chi connectivity index (χ0) is 10.7. The lowest BCUT2D eigenvalue weighted by Crippen LogP contribution is -2.63. The monoisotopic (exact) mass is 202 g/mol. The third-order valence-electron chi connectivity index (χ3n) is 2.38. The first-order valence-corrected chi connectivity index (χ1v) is 4.30. The highest BCUT2D eigenvalue weighted by molar-refractivity contribution is 6.02. The van der Waals surface area contributed by atoms with Crippen LogP contribution in [0.1, 0.15) is 0 Å². The second kappa shape index (κ2) is 4.39. The summed E-state index contributed by atoms with van der Waals surface area (Å²) in [5, 5.41) is 11.5. The summed E-state index contributed by atoms with van der Waals surface area (Å²) in [6.45, 7) is 0.240.